The third-order valence-electron chi connectivity index (χ3n) is 7.19. The second kappa shape index (κ2) is 8.02. The second-order valence-electron chi connectivity index (χ2n) is 9.52. The number of carbonyl (C=O) groups excluding carboxylic acids is 3. The molecule has 7 heteroatoms. The fraction of sp³-hybridized carbons (Fsp3) is 0.609. The van der Waals surface area contributed by atoms with Gasteiger partial charge in [-0.3, -0.25) is 14.4 Å². The molecule has 4 aliphatic rings. The summed E-state index contributed by atoms with van der Waals surface area (Å²) in [6, 6.07) is 8.91. The van der Waals surface area contributed by atoms with Crippen LogP contribution in [0.1, 0.15) is 44.1 Å². The number of methoxy groups -OCH3 is 1. The van der Waals surface area contributed by atoms with Crippen molar-refractivity contribution in [3.63, 3.8) is 0 Å². The molecular weight excluding hydrogens is 382 g/mol. The molecular formula is C23H31N3O4. The van der Waals surface area contributed by atoms with Gasteiger partial charge in [-0.25, -0.2) is 0 Å². The van der Waals surface area contributed by atoms with E-state index in [2.05, 4.69) is 10.6 Å². The highest BCUT2D eigenvalue weighted by atomic mass is 16.5. The summed E-state index contributed by atoms with van der Waals surface area (Å²) in [6.45, 7) is -0.167. The Morgan fingerprint density at radius 1 is 1.13 bits per heavy atom. The smallest absolute Gasteiger partial charge is 0.311 e. The zero-order valence-corrected chi connectivity index (χ0v) is 17.5. The molecule has 0 radical (unpaired) electrons. The molecule has 0 heterocycles. The Labute approximate surface area is 177 Å². The third-order valence-corrected chi connectivity index (χ3v) is 7.19. The van der Waals surface area contributed by atoms with Crippen LogP contribution in [0.4, 0.5) is 0 Å². The van der Waals surface area contributed by atoms with Crippen molar-refractivity contribution in [3.8, 4) is 0 Å². The summed E-state index contributed by atoms with van der Waals surface area (Å²) in [6.07, 6.45) is 5.61. The average molecular weight is 414 g/mol. The van der Waals surface area contributed by atoms with Crippen LogP contribution in [0.25, 0.3) is 0 Å². The Balaban J connectivity index is 1.54. The van der Waals surface area contributed by atoms with E-state index in [-0.39, 0.29) is 24.3 Å². The second-order valence-corrected chi connectivity index (χ2v) is 9.52. The van der Waals surface area contributed by atoms with E-state index >= 15 is 0 Å². The summed E-state index contributed by atoms with van der Waals surface area (Å²) < 4.78 is 5.16. The standard InChI is InChI=1S/C23H31N3O4/c1-30-21(29)22-9-16-7-17(10-22)12-23(11-16,14-22)26-20(28)18(25-19(27)13-24)8-15-5-3-2-4-6-15/h2-6,16-18H,7-14,24H2,1H3,(H,25,27)(H,26,28)/t16?,17?,18-,22?,23?/m0/s1. The van der Waals surface area contributed by atoms with Gasteiger partial charge in [0, 0.05) is 12.0 Å². The summed E-state index contributed by atoms with van der Waals surface area (Å²) in [4.78, 5) is 38.0. The lowest BCUT2D eigenvalue weighted by Crippen LogP contribution is -2.66. The first-order valence-electron chi connectivity index (χ1n) is 10.8. The summed E-state index contributed by atoms with van der Waals surface area (Å²) in [5.41, 5.74) is 5.55. The van der Waals surface area contributed by atoms with E-state index in [0.29, 0.717) is 24.7 Å². The monoisotopic (exact) mass is 413 g/mol. The topological polar surface area (TPSA) is 111 Å². The van der Waals surface area contributed by atoms with Gasteiger partial charge in [-0.05, 0) is 55.9 Å². The lowest BCUT2D eigenvalue weighted by atomic mass is 9.47. The van der Waals surface area contributed by atoms with Crippen LogP contribution in [0.2, 0.25) is 0 Å². The Bertz CT molecular complexity index is 811. The fourth-order valence-electron chi connectivity index (χ4n) is 6.52. The maximum atomic E-state index is 13.3. The number of ether oxygens (including phenoxy) is 1. The van der Waals surface area contributed by atoms with E-state index in [9.17, 15) is 14.4 Å². The predicted octanol–water partition coefficient (Wildman–Crippen LogP) is 1.30. The average Bonchev–Trinajstić information content (AvgIpc) is 2.71. The fourth-order valence-corrected chi connectivity index (χ4v) is 6.52. The minimum absolute atomic E-state index is 0.146. The van der Waals surface area contributed by atoms with Crippen LogP contribution in [0.5, 0.6) is 0 Å². The first kappa shape index (κ1) is 20.8. The lowest BCUT2D eigenvalue weighted by Gasteiger charge is -2.60. The normalized spacial score (nSPS) is 32.3. The van der Waals surface area contributed by atoms with Crippen LogP contribution < -0.4 is 16.4 Å². The van der Waals surface area contributed by atoms with E-state index in [0.717, 1.165) is 37.7 Å². The number of esters is 1. The van der Waals surface area contributed by atoms with E-state index in [1.54, 1.807) is 0 Å². The van der Waals surface area contributed by atoms with Gasteiger partial charge in [0.2, 0.25) is 11.8 Å². The van der Waals surface area contributed by atoms with Gasteiger partial charge < -0.3 is 21.1 Å². The van der Waals surface area contributed by atoms with Crippen molar-refractivity contribution in [2.45, 2.75) is 56.5 Å². The molecule has 30 heavy (non-hydrogen) atoms. The number of carbonyl (C=O) groups is 3. The minimum atomic E-state index is -0.703. The van der Waals surface area contributed by atoms with Crippen molar-refractivity contribution in [1.82, 2.24) is 10.6 Å². The van der Waals surface area contributed by atoms with Crippen molar-refractivity contribution in [3.05, 3.63) is 35.9 Å². The molecule has 0 aliphatic heterocycles. The Kier molecular flexibility index (Phi) is 5.57. The number of rotatable bonds is 7. The maximum Gasteiger partial charge on any atom is 0.311 e. The number of nitrogens with one attached hydrogen (secondary N) is 2. The molecule has 1 aromatic rings. The van der Waals surface area contributed by atoms with E-state index < -0.39 is 17.0 Å². The van der Waals surface area contributed by atoms with Gasteiger partial charge in [0.05, 0.1) is 19.1 Å². The molecule has 4 N–H and O–H groups in total. The Morgan fingerprint density at radius 3 is 2.40 bits per heavy atom. The van der Waals surface area contributed by atoms with Crippen LogP contribution in [-0.4, -0.2) is 43.0 Å². The number of nitrogens with two attached hydrogens (primary N) is 1. The van der Waals surface area contributed by atoms with Crippen molar-refractivity contribution in [1.29, 1.82) is 0 Å². The molecule has 4 fully saturated rings. The zero-order valence-electron chi connectivity index (χ0n) is 17.5. The molecule has 7 nitrogen and oxygen atoms in total. The molecule has 0 saturated heterocycles. The van der Waals surface area contributed by atoms with Crippen molar-refractivity contribution < 1.29 is 19.1 Å². The molecule has 3 atom stereocenters. The van der Waals surface area contributed by atoms with Crippen molar-refractivity contribution in [2.24, 2.45) is 23.0 Å². The van der Waals surface area contributed by atoms with Gasteiger partial charge in [-0.1, -0.05) is 30.3 Å². The summed E-state index contributed by atoms with van der Waals surface area (Å²) in [5, 5.41) is 6.05. The van der Waals surface area contributed by atoms with Crippen LogP contribution in [-0.2, 0) is 25.5 Å². The predicted molar refractivity (Wildman–Crippen MR) is 111 cm³/mol. The highest BCUT2D eigenvalue weighted by Crippen LogP contribution is 2.62. The molecule has 4 bridgehead atoms. The van der Waals surface area contributed by atoms with E-state index in [1.807, 2.05) is 30.3 Å². The molecule has 2 amide bonds. The van der Waals surface area contributed by atoms with Gasteiger partial charge in [0.15, 0.2) is 0 Å². The molecule has 5 rings (SSSR count). The minimum Gasteiger partial charge on any atom is -0.469 e. The largest absolute Gasteiger partial charge is 0.469 e. The summed E-state index contributed by atoms with van der Waals surface area (Å²) in [5.74, 6) is 0.145. The van der Waals surface area contributed by atoms with E-state index in [4.69, 9.17) is 10.5 Å². The van der Waals surface area contributed by atoms with Gasteiger partial charge in [-0.2, -0.15) is 0 Å². The number of benzene rings is 1. The van der Waals surface area contributed by atoms with Crippen LogP contribution in [0, 0.1) is 17.3 Å². The molecule has 0 aromatic heterocycles. The van der Waals surface area contributed by atoms with E-state index in [1.165, 1.54) is 7.11 Å². The number of amides is 2. The third kappa shape index (κ3) is 3.95. The molecule has 0 spiro atoms. The van der Waals surface area contributed by atoms with Gasteiger partial charge in [0.25, 0.3) is 0 Å². The molecule has 4 saturated carbocycles. The highest BCUT2D eigenvalue weighted by molar-refractivity contribution is 5.89. The molecule has 1 aromatic carbocycles. The first-order valence-corrected chi connectivity index (χ1v) is 10.8. The van der Waals surface area contributed by atoms with Crippen molar-refractivity contribution in [2.75, 3.05) is 13.7 Å². The summed E-state index contributed by atoms with van der Waals surface area (Å²) in [7, 11) is 1.45. The summed E-state index contributed by atoms with van der Waals surface area (Å²) >= 11 is 0. The van der Waals surface area contributed by atoms with Crippen LogP contribution >= 0.6 is 0 Å². The number of hydrogen-bond acceptors (Lipinski definition) is 5. The highest BCUT2D eigenvalue weighted by Gasteiger charge is 2.61. The lowest BCUT2D eigenvalue weighted by molar-refractivity contribution is -0.173. The van der Waals surface area contributed by atoms with Crippen molar-refractivity contribution >= 4 is 17.8 Å². The maximum absolute atomic E-state index is 13.3. The first-order chi connectivity index (χ1) is 14.4. The zero-order chi connectivity index (χ0) is 21.4. The van der Waals surface area contributed by atoms with Crippen LogP contribution in [0.3, 0.4) is 0 Å². The molecule has 4 aliphatic carbocycles. The Morgan fingerprint density at radius 2 is 1.80 bits per heavy atom. The van der Waals surface area contributed by atoms with Crippen LogP contribution in [0.15, 0.2) is 30.3 Å². The Hall–Kier alpha value is -2.41. The molecule has 162 valence electrons. The van der Waals surface area contributed by atoms with Gasteiger partial charge in [-0.15, -0.1) is 0 Å². The van der Waals surface area contributed by atoms with Gasteiger partial charge >= 0.3 is 5.97 Å². The molecule has 2 unspecified atom stereocenters. The SMILES string of the molecule is COC(=O)C12CC3CC(CC(NC(=O)[C@H](Cc4ccccc4)NC(=O)CN)(C3)C1)C2. The quantitative estimate of drug-likeness (QED) is 0.584. The van der Waals surface area contributed by atoms with Gasteiger partial charge in [0.1, 0.15) is 6.04 Å². The number of hydrogen-bond donors (Lipinski definition) is 3.